The summed E-state index contributed by atoms with van der Waals surface area (Å²) < 4.78 is 0. The maximum atomic E-state index is 12.2. The highest BCUT2D eigenvalue weighted by molar-refractivity contribution is 5.90. The lowest BCUT2D eigenvalue weighted by Crippen LogP contribution is -2.25. The molecule has 0 radical (unpaired) electrons. The summed E-state index contributed by atoms with van der Waals surface area (Å²) in [7, 11) is 0. The first-order valence-corrected chi connectivity index (χ1v) is 10.1. The molecule has 4 nitrogen and oxygen atoms in total. The number of H-pyrrole nitrogens is 1. The quantitative estimate of drug-likeness (QED) is 0.454. The van der Waals surface area contributed by atoms with Gasteiger partial charge in [-0.3, -0.25) is 9.78 Å². The number of para-hydroxylation sites is 1. The summed E-state index contributed by atoms with van der Waals surface area (Å²) in [6.07, 6.45) is 4.83. The third-order valence-corrected chi connectivity index (χ3v) is 5.14. The minimum Gasteiger partial charge on any atom is -0.356 e. The molecular weight excluding hydrogens is 358 g/mol. The van der Waals surface area contributed by atoms with E-state index in [-0.39, 0.29) is 5.91 Å². The molecule has 2 heterocycles. The molecule has 0 saturated carbocycles. The van der Waals surface area contributed by atoms with Crippen LogP contribution in [0.15, 0.2) is 79.0 Å². The molecule has 0 aliphatic rings. The van der Waals surface area contributed by atoms with E-state index in [1.807, 2.05) is 48.7 Å². The zero-order chi connectivity index (χ0) is 19.9. The molecule has 0 saturated heterocycles. The number of nitrogens with one attached hydrogen (secondary N) is 2. The SMILES string of the molecule is O=C(CCCc1c(-c2ccccn2)[nH]c2ccccc12)NCCc1ccccc1. The van der Waals surface area contributed by atoms with Gasteiger partial charge in [-0.15, -0.1) is 0 Å². The van der Waals surface area contributed by atoms with Crippen molar-refractivity contribution in [2.24, 2.45) is 0 Å². The molecule has 4 rings (SSSR count). The number of pyridine rings is 1. The van der Waals surface area contributed by atoms with Crippen molar-refractivity contribution in [3.63, 3.8) is 0 Å². The van der Waals surface area contributed by atoms with Crippen molar-refractivity contribution in [3.8, 4) is 11.4 Å². The van der Waals surface area contributed by atoms with Crippen molar-refractivity contribution < 1.29 is 4.79 Å². The molecule has 0 unspecified atom stereocenters. The minimum absolute atomic E-state index is 0.111. The minimum atomic E-state index is 0.111. The van der Waals surface area contributed by atoms with Crippen molar-refractivity contribution in [3.05, 3.63) is 90.1 Å². The van der Waals surface area contributed by atoms with Gasteiger partial charge in [0.15, 0.2) is 0 Å². The average Bonchev–Trinajstić information content (AvgIpc) is 3.14. The van der Waals surface area contributed by atoms with Crippen LogP contribution in [0.3, 0.4) is 0 Å². The molecule has 0 fully saturated rings. The number of benzene rings is 2. The van der Waals surface area contributed by atoms with Crippen LogP contribution in [0.4, 0.5) is 0 Å². The van der Waals surface area contributed by atoms with Crippen LogP contribution < -0.4 is 5.32 Å². The standard InChI is InChI=1S/C25H25N3O/c29-24(27-18-16-19-9-2-1-3-10-19)15-8-12-21-20-11-4-5-13-22(20)28-25(21)23-14-6-7-17-26-23/h1-7,9-11,13-14,17,28H,8,12,15-16,18H2,(H,27,29). The Bertz CT molecular complexity index is 1070. The van der Waals surface area contributed by atoms with E-state index in [9.17, 15) is 4.79 Å². The van der Waals surface area contributed by atoms with Gasteiger partial charge < -0.3 is 10.3 Å². The molecule has 4 heteroatoms. The largest absolute Gasteiger partial charge is 0.356 e. The number of amides is 1. The van der Waals surface area contributed by atoms with Crippen molar-refractivity contribution in [2.75, 3.05) is 6.54 Å². The van der Waals surface area contributed by atoms with Crippen LogP contribution in [0.1, 0.15) is 24.0 Å². The van der Waals surface area contributed by atoms with E-state index in [1.165, 1.54) is 16.5 Å². The molecule has 2 aromatic carbocycles. The lowest BCUT2D eigenvalue weighted by atomic mass is 10.0. The van der Waals surface area contributed by atoms with Crippen LogP contribution in [-0.2, 0) is 17.6 Å². The van der Waals surface area contributed by atoms with E-state index < -0.39 is 0 Å². The first-order valence-electron chi connectivity index (χ1n) is 10.1. The zero-order valence-electron chi connectivity index (χ0n) is 16.4. The molecule has 1 amide bonds. The Morgan fingerprint density at radius 2 is 1.69 bits per heavy atom. The fraction of sp³-hybridized carbons (Fsp3) is 0.200. The second-order valence-electron chi connectivity index (χ2n) is 7.18. The highest BCUT2D eigenvalue weighted by Gasteiger charge is 2.14. The summed E-state index contributed by atoms with van der Waals surface area (Å²) in [6.45, 7) is 0.676. The molecular formula is C25H25N3O. The normalized spacial score (nSPS) is 10.9. The number of hydrogen-bond donors (Lipinski definition) is 2. The van der Waals surface area contributed by atoms with E-state index >= 15 is 0 Å². The summed E-state index contributed by atoms with van der Waals surface area (Å²) in [6, 6.07) is 24.5. The van der Waals surface area contributed by atoms with Crippen LogP contribution in [0.2, 0.25) is 0 Å². The van der Waals surface area contributed by atoms with Crippen LogP contribution >= 0.6 is 0 Å². The number of carbonyl (C=O) groups is 1. The van der Waals surface area contributed by atoms with Crippen molar-refractivity contribution in [1.82, 2.24) is 15.3 Å². The number of aromatic nitrogens is 2. The molecule has 29 heavy (non-hydrogen) atoms. The summed E-state index contributed by atoms with van der Waals surface area (Å²) in [5.41, 5.74) is 5.57. The third-order valence-electron chi connectivity index (χ3n) is 5.14. The predicted octanol–water partition coefficient (Wildman–Crippen LogP) is 4.91. The van der Waals surface area contributed by atoms with E-state index in [4.69, 9.17) is 0 Å². The Kier molecular flexibility index (Phi) is 6.01. The molecule has 2 aromatic heterocycles. The molecule has 0 atom stereocenters. The number of carbonyl (C=O) groups excluding carboxylic acids is 1. The predicted molar refractivity (Wildman–Crippen MR) is 118 cm³/mol. The fourth-order valence-electron chi connectivity index (χ4n) is 3.69. The number of aromatic amines is 1. The van der Waals surface area contributed by atoms with Crippen molar-refractivity contribution >= 4 is 16.8 Å². The number of hydrogen-bond acceptors (Lipinski definition) is 2. The Morgan fingerprint density at radius 1 is 0.897 bits per heavy atom. The molecule has 0 aliphatic heterocycles. The first kappa shape index (κ1) is 18.9. The van der Waals surface area contributed by atoms with E-state index in [2.05, 4.69) is 45.6 Å². The Hall–Kier alpha value is -3.40. The van der Waals surface area contributed by atoms with Gasteiger partial charge in [0, 0.05) is 30.1 Å². The van der Waals surface area contributed by atoms with E-state index in [1.54, 1.807) is 0 Å². The van der Waals surface area contributed by atoms with Gasteiger partial charge in [-0.2, -0.15) is 0 Å². The van der Waals surface area contributed by atoms with Crippen molar-refractivity contribution in [1.29, 1.82) is 0 Å². The number of fused-ring (bicyclic) bond motifs is 1. The van der Waals surface area contributed by atoms with Crippen LogP contribution in [0.5, 0.6) is 0 Å². The lowest BCUT2D eigenvalue weighted by molar-refractivity contribution is -0.121. The second-order valence-corrected chi connectivity index (χ2v) is 7.18. The molecule has 2 N–H and O–H groups in total. The monoisotopic (exact) mass is 383 g/mol. The molecule has 4 aromatic rings. The van der Waals surface area contributed by atoms with Crippen LogP contribution in [-0.4, -0.2) is 22.4 Å². The van der Waals surface area contributed by atoms with Gasteiger partial charge in [0.25, 0.3) is 0 Å². The van der Waals surface area contributed by atoms with Gasteiger partial charge in [-0.05, 0) is 48.6 Å². The highest BCUT2D eigenvalue weighted by atomic mass is 16.1. The zero-order valence-corrected chi connectivity index (χ0v) is 16.4. The number of nitrogens with zero attached hydrogens (tertiary/aromatic N) is 1. The smallest absolute Gasteiger partial charge is 0.220 e. The number of aryl methyl sites for hydroxylation is 1. The Morgan fingerprint density at radius 3 is 2.52 bits per heavy atom. The van der Waals surface area contributed by atoms with Gasteiger partial charge in [0.05, 0.1) is 11.4 Å². The third kappa shape index (κ3) is 4.72. The molecule has 0 bridgehead atoms. The maximum Gasteiger partial charge on any atom is 0.220 e. The topological polar surface area (TPSA) is 57.8 Å². The van der Waals surface area contributed by atoms with Gasteiger partial charge in [0.1, 0.15) is 0 Å². The van der Waals surface area contributed by atoms with Crippen LogP contribution in [0.25, 0.3) is 22.3 Å². The highest BCUT2D eigenvalue weighted by Crippen LogP contribution is 2.30. The first-order chi connectivity index (χ1) is 14.3. The van der Waals surface area contributed by atoms with Crippen LogP contribution in [0, 0.1) is 0 Å². The lowest BCUT2D eigenvalue weighted by Gasteiger charge is -2.07. The van der Waals surface area contributed by atoms with Gasteiger partial charge in [0.2, 0.25) is 5.91 Å². The van der Waals surface area contributed by atoms with Gasteiger partial charge in [-0.25, -0.2) is 0 Å². The Balaban J connectivity index is 1.37. The molecule has 0 spiro atoms. The van der Waals surface area contributed by atoms with E-state index in [0.717, 1.165) is 36.2 Å². The second kappa shape index (κ2) is 9.20. The number of rotatable bonds is 8. The molecule has 146 valence electrons. The summed E-state index contributed by atoms with van der Waals surface area (Å²) >= 11 is 0. The fourth-order valence-corrected chi connectivity index (χ4v) is 3.69. The summed E-state index contributed by atoms with van der Waals surface area (Å²) in [4.78, 5) is 20.3. The summed E-state index contributed by atoms with van der Waals surface area (Å²) in [5, 5.41) is 4.24. The molecule has 0 aliphatic carbocycles. The van der Waals surface area contributed by atoms with Crippen molar-refractivity contribution in [2.45, 2.75) is 25.7 Å². The van der Waals surface area contributed by atoms with Gasteiger partial charge in [-0.1, -0.05) is 54.6 Å². The van der Waals surface area contributed by atoms with E-state index in [0.29, 0.717) is 13.0 Å². The average molecular weight is 383 g/mol. The summed E-state index contributed by atoms with van der Waals surface area (Å²) in [5.74, 6) is 0.111. The Labute approximate surface area is 171 Å². The van der Waals surface area contributed by atoms with Gasteiger partial charge >= 0.3 is 0 Å². The maximum absolute atomic E-state index is 12.2.